The maximum Gasteiger partial charge on any atom is 0.209 e. The number of H-pyrrole nitrogens is 1. The molecule has 0 bridgehead atoms. The highest BCUT2D eigenvalue weighted by Gasteiger charge is 2.09. The molecule has 0 unspecified atom stereocenters. The number of nitrogens with one attached hydrogen (secondary N) is 1. The molecule has 4 nitrogen and oxygen atoms in total. The van der Waals surface area contributed by atoms with E-state index in [1.165, 1.54) is 32.4 Å². The van der Waals surface area contributed by atoms with Gasteiger partial charge in [0.2, 0.25) is 5.88 Å². The molecular weight excluding hydrogens is 178 g/mol. The molecule has 1 aliphatic heterocycles. The summed E-state index contributed by atoms with van der Waals surface area (Å²) in [6.45, 7) is 4.24. The van der Waals surface area contributed by atoms with Gasteiger partial charge in [0.05, 0.1) is 6.20 Å². The van der Waals surface area contributed by atoms with Gasteiger partial charge >= 0.3 is 0 Å². The lowest BCUT2D eigenvalue weighted by molar-refractivity contribution is 0.180. The van der Waals surface area contributed by atoms with E-state index in [4.69, 9.17) is 4.74 Å². The second-order valence-electron chi connectivity index (χ2n) is 3.67. The Morgan fingerprint density at radius 2 is 2.21 bits per heavy atom. The van der Waals surface area contributed by atoms with Crippen LogP contribution in [0.5, 0.6) is 5.88 Å². The SMILES string of the molecule is c1cc(OCCN2CCCCC2)[nH]n1. The third-order valence-electron chi connectivity index (χ3n) is 2.59. The maximum absolute atomic E-state index is 5.49. The molecule has 2 rings (SSSR count). The highest BCUT2D eigenvalue weighted by atomic mass is 16.5. The normalized spacial score (nSPS) is 18.3. The summed E-state index contributed by atoms with van der Waals surface area (Å²) in [5.41, 5.74) is 0. The first kappa shape index (κ1) is 9.52. The van der Waals surface area contributed by atoms with Crippen LogP contribution in [0.3, 0.4) is 0 Å². The highest BCUT2D eigenvalue weighted by molar-refractivity contribution is 5.03. The monoisotopic (exact) mass is 195 g/mol. The molecule has 0 aliphatic carbocycles. The van der Waals surface area contributed by atoms with Crippen molar-refractivity contribution in [2.24, 2.45) is 0 Å². The van der Waals surface area contributed by atoms with Gasteiger partial charge in [-0.05, 0) is 25.9 Å². The standard InChI is InChI=1S/C10H17N3O/c1-2-6-13(7-3-1)8-9-14-10-4-5-11-12-10/h4-5H,1-3,6-9H2,(H,11,12). The third-order valence-corrected chi connectivity index (χ3v) is 2.59. The van der Waals surface area contributed by atoms with Crippen LogP contribution in [-0.2, 0) is 0 Å². The van der Waals surface area contributed by atoms with Crippen molar-refractivity contribution in [1.29, 1.82) is 0 Å². The molecule has 0 amide bonds. The molecule has 0 saturated carbocycles. The van der Waals surface area contributed by atoms with E-state index < -0.39 is 0 Å². The zero-order chi connectivity index (χ0) is 9.64. The van der Waals surface area contributed by atoms with Crippen molar-refractivity contribution < 1.29 is 4.74 Å². The van der Waals surface area contributed by atoms with E-state index in [0.29, 0.717) is 0 Å². The van der Waals surface area contributed by atoms with E-state index in [9.17, 15) is 0 Å². The molecule has 1 aromatic heterocycles. The van der Waals surface area contributed by atoms with Gasteiger partial charge in [0, 0.05) is 12.6 Å². The number of aromatic amines is 1. The number of rotatable bonds is 4. The van der Waals surface area contributed by atoms with Crippen molar-refractivity contribution >= 4 is 0 Å². The number of likely N-dealkylation sites (tertiary alicyclic amines) is 1. The molecule has 1 fully saturated rings. The predicted octanol–water partition coefficient (Wildman–Crippen LogP) is 1.27. The van der Waals surface area contributed by atoms with E-state index in [1.807, 2.05) is 6.07 Å². The second kappa shape index (κ2) is 5.00. The average molecular weight is 195 g/mol. The molecule has 0 atom stereocenters. The Hall–Kier alpha value is -1.03. The Bertz CT molecular complexity index is 242. The van der Waals surface area contributed by atoms with E-state index in [2.05, 4.69) is 15.1 Å². The van der Waals surface area contributed by atoms with Gasteiger partial charge < -0.3 is 4.74 Å². The molecular formula is C10H17N3O. The fourth-order valence-electron chi connectivity index (χ4n) is 1.79. The van der Waals surface area contributed by atoms with Gasteiger partial charge in [0.1, 0.15) is 6.61 Å². The minimum Gasteiger partial charge on any atom is -0.477 e. The van der Waals surface area contributed by atoms with Gasteiger partial charge in [-0.2, -0.15) is 5.10 Å². The van der Waals surface area contributed by atoms with E-state index in [0.717, 1.165) is 19.0 Å². The number of aromatic nitrogens is 2. The van der Waals surface area contributed by atoms with Crippen LogP contribution in [0.4, 0.5) is 0 Å². The molecule has 0 radical (unpaired) electrons. The van der Waals surface area contributed by atoms with Crippen LogP contribution < -0.4 is 4.74 Å². The quantitative estimate of drug-likeness (QED) is 0.786. The summed E-state index contributed by atoms with van der Waals surface area (Å²) in [6.07, 6.45) is 5.77. The number of nitrogens with zero attached hydrogens (tertiary/aromatic N) is 2. The van der Waals surface area contributed by atoms with E-state index in [-0.39, 0.29) is 0 Å². The Morgan fingerprint density at radius 3 is 2.93 bits per heavy atom. The van der Waals surface area contributed by atoms with Crippen molar-refractivity contribution in [3.05, 3.63) is 12.3 Å². The van der Waals surface area contributed by atoms with Crippen molar-refractivity contribution in [3.63, 3.8) is 0 Å². The fraction of sp³-hybridized carbons (Fsp3) is 0.700. The summed E-state index contributed by atoms with van der Waals surface area (Å²) < 4.78 is 5.49. The fourth-order valence-corrected chi connectivity index (χ4v) is 1.79. The third kappa shape index (κ3) is 2.73. The first-order chi connectivity index (χ1) is 6.95. The lowest BCUT2D eigenvalue weighted by Crippen LogP contribution is -2.33. The average Bonchev–Trinajstić information content (AvgIpc) is 2.72. The lowest BCUT2D eigenvalue weighted by atomic mass is 10.1. The molecule has 4 heteroatoms. The topological polar surface area (TPSA) is 41.1 Å². The maximum atomic E-state index is 5.49. The minimum atomic E-state index is 0.752. The minimum absolute atomic E-state index is 0.752. The number of hydrogen-bond acceptors (Lipinski definition) is 3. The van der Waals surface area contributed by atoms with Gasteiger partial charge in [-0.1, -0.05) is 6.42 Å². The summed E-state index contributed by atoms with van der Waals surface area (Å²) in [5, 5.41) is 6.61. The molecule has 1 aliphatic rings. The van der Waals surface area contributed by atoms with E-state index in [1.54, 1.807) is 6.20 Å². The summed E-state index contributed by atoms with van der Waals surface area (Å²) in [7, 11) is 0. The number of ether oxygens (including phenoxy) is 1. The van der Waals surface area contributed by atoms with Crippen molar-refractivity contribution in [3.8, 4) is 5.88 Å². The Morgan fingerprint density at radius 1 is 1.36 bits per heavy atom. The molecule has 1 N–H and O–H groups in total. The lowest BCUT2D eigenvalue weighted by Gasteiger charge is -2.25. The van der Waals surface area contributed by atoms with Crippen LogP contribution in [0.2, 0.25) is 0 Å². The van der Waals surface area contributed by atoms with Crippen LogP contribution in [-0.4, -0.2) is 41.3 Å². The summed E-state index contributed by atoms with van der Waals surface area (Å²) in [4.78, 5) is 2.46. The summed E-state index contributed by atoms with van der Waals surface area (Å²) >= 11 is 0. The van der Waals surface area contributed by atoms with Crippen LogP contribution in [0.25, 0.3) is 0 Å². The zero-order valence-electron chi connectivity index (χ0n) is 8.41. The van der Waals surface area contributed by atoms with Crippen LogP contribution in [0.15, 0.2) is 12.3 Å². The number of hydrogen-bond donors (Lipinski definition) is 1. The van der Waals surface area contributed by atoms with Crippen LogP contribution in [0, 0.1) is 0 Å². The molecule has 1 aromatic rings. The van der Waals surface area contributed by atoms with Gasteiger partial charge in [0.25, 0.3) is 0 Å². The van der Waals surface area contributed by atoms with E-state index >= 15 is 0 Å². The first-order valence-electron chi connectivity index (χ1n) is 5.30. The van der Waals surface area contributed by atoms with Gasteiger partial charge in [-0.3, -0.25) is 4.90 Å². The molecule has 0 spiro atoms. The molecule has 14 heavy (non-hydrogen) atoms. The Labute approximate surface area is 84.3 Å². The smallest absolute Gasteiger partial charge is 0.209 e. The Balaban J connectivity index is 1.62. The molecule has 1 saturated heterocycles. The molecule has 78 valence electrons. The first-order valence-corrected chi connectivity index (χ1v) is 5.30. The summed E-state index contributed by atoms with van der Waals surface area (Å²) in [6, 6.07) is 1.84. The van der Waals surface area contributed by atoms with Crippen molar-refractivity contribution in [2.45, 2.75) is 19.3 Å². The van der Waals surface area contributed by atoms with Crippen LogP contribution >= 0.6 is 0 Å². The van der Waals surface area contributed by atoms with Crippen LogP contribution in [0.1, 0.15) is 19.3 Å². The zero-order valence-corrected chi connectivity index (χ0v) is 8.41. The Kier molecular flexibility index (Phi) is 3.40. The largest absolute Gasteiger partial charge is 0.477 e. The summed E-state index contributed by atoms with van der Waals surface area (Å²) in [5.74, 6) is 0.766. The molecule has 0 aromatic carbocycles. The number of piperidine rings is 1. The van der Waals surface area contributed by atoms with Crippen molar-refractivity contribution in [2.75, 3.05) is 26.2 Å². The van der Waals surface area contributed by atoms with Crippen molar-refractivity contribution in [1.82, 2.24) is 15.1 Å². The van der Waals surface area contributed by atoms with Gasteiger partial charge in [0.15, 0.2) is 0 Å². The molecule has 2 heterocycles. The van der Waals surface area contributed by atoms with Gasteiger partial charge in [-0.15, -0.1) is 0 Å². The second-order valence-corrected chi connectivity index (χ2v) is 3.67. The van der Waals surface area contributed by atoms with Gasteiger partial charge in [-0.25, -0.2) is 5.10 Å². The highest BCUT2D eigenvalue weighted by Crippen LogP contribution is 2.08. The predicted molar refractivity (Wildman–Crippen MR) is 54.4 cm³/mol.